The van der Waals surface area contributed by atoms with Crippen LogP contribution in [0.1, 0.15) is 37.1 Å². The molecule has 1 amide bonds. The summed E-state index contributed by atoms with van der Waals surface area (Å²) in [7, 11) is 0. The lowest BCUT2D eigenvalue weighted by molar-refractivity contribution is -0.121. The van der Waals surface area contributed by atoms with E-state index in [2.05, 4.69) is 20.3 Å². The number of rotatable bonds is 7. The van der Waals surface area contributed by atoms with Gasteiger partial charge >= 0.3 is 0 Å². The minimum Gasteiger partial charge on any atom is -0.372 e. The molecular weight excluding hydrogens is 449 g/mol. The van der Waals surface area contributed by atoms with Gasteiger partial charge in [0.15, 0.2) is 0 Å². The number of amides is 1. The van der Waals surface area contributed by atoms with Crippen LogP contribution in [0, 0.1) is 12.7 Å². The number of benzene rings is 1. The van der Waals surface area contributed by atoms with E-state index < -0.39 is 0 Å². The van der Waals surface area contributed by atoms with E-state index in [9.17, 15) is 14.0 Å². The first-order valence-electron chi connectivity index (χ1n) is 11.8. The molecule has 2 N–H and O–H groups in total. The van der Waals surface area contributed by atoms with Gasteiger partial charge in [0.2, 0.25) is 5.91 Å². The average molecular weight is 480 g/mol. The molecule has 1 aliphatic heterocycles. The number of ether oxygens (including phenoxy) is 1. The van der Waals surface area contributed by atoms with Crippen molar-refractivity contribution in [2.24, 2.45) is 0 Å². The normalized spacial score (nSPS) is 17.9. The second kappa shape index (κ2) is 10.8. The highest BCUT2D eigenvalue weighted by molar-refractivity contribution is 5.76. The van der Waals surface area contributed by atoms with Crippen LogP contribution in [0.15, 0.2) is 47.5 Å². The van der Waals surface area contributed by atoms with Gasteiger partial charge in [-0.05, 0) is 57.0 Å². The minimum atomic E-state index is -0.319. The predicted molar refractivity (Wildman–Crippen MR) is 132 cm³/mol. The summed E-state index contributed by atoms with van der Waals surface area (Å²) in [6.45, 7) is 7.19. The summed E-state index contributed by atoms with van der Waals surface area (Å²) >= 11 is 0. The van der Waals surface area contributed by atoms with Crippen LogP contribution < -0.4 is 15.8 Å². The SMILES string of the molecule is Cc1nc(-c2ccncc2)[nH]c(=O)c1CCC(=O)NCc1ccc(N2CC(C)OC(C)C2)c(F)c1. The Balaban J connectivity index is 1.33. The molecule has 0 saturated carbocycles. The van der Waals surface area contributed by atoms with E-state index in [4.69, 9.17) is 4.74 Å². The molecular formula is C26H30FN5O3. The molecule has 35 heavy (non-hydrogen) atoms. The van der Waals surface area contributed by atoms with Crippen molar-refractivity contribution in [1.29, 1.82) is 0 Å². The van der Waals surface area contributed by atoms with Crippen LogP contribution in [0.4, 0.5) is 10.1 Å². The maximum absolute atomic E-state index is 14.8. The molecule has 4 rings (SSSR count). The molecule has 3 heterocycles. The Morgan fingerprint density at radius 1 is 1.20 bits per heavy atom. The number of nitrogens with zero attached hydrogens (tertiary/aromatic N) is 3. The van der Waals surface area contributed by atoms with Crippen molar-refractivity contribution in [3.8, 4) is 11.4 Å². The van der Waals surface area contributed by atoms with Crippen LogP contribution >= 0.6 is 0 Å². The summed E-state index contributed by atoms with van der Waals surface area (Å²) in [5.74, 6) is -0.0718. The number of aromatic nitrogens is 3. The third-order valence-electron chi connectivity index (χ3n) is 6.04. The van der Waals surface area contributed by atoms with Gasteiger partial charge in [-0.15, -0.1) is 0 Å². The zero-order chi connectivity index (χ0) is 24.9. The van der Waals surface area contributed by atoms with Crippen molar-refractivity contribution in [2.75, 3.05) is 18.0 Å². The third kappa shape index (κ3) is 6.10. The van der Waals surface area contributed by atoms with Crippen LogP contribution in [-0.4, -0.2) is 46.2 Å². The van der Waals surface area contributed by atoms with Gasteiger partial charge in [-0.25, -0.2) is 9.37 Å². The van der Waals surface area contributed by atoms with Crippen LogP contribution in [0.25, 0.3) is 11.4 Å². The van der Waals surface area contributed by atoms with Gasteiger partial charge in [0.05, 0.1) is 17.9 Å². The number of morpholine rings is 1. The number of carbonyl (C=O) groups is 1. The molecule has 184 valence electrons. The van der Waals surface area contributed by atoms with Crippen LogP contribution in [0.5, 0.6) is 0 Å². The fourth-order valence-electron chi connectivity index (χ4n) is 4.37. The van der Waals surface area contributed by atoms with E-state index >= 15 is 0 Å². The largest absolute Gasteiger partial charge is 0.372 e. The molecule has 1 saturated heterocycles. The first-order chi connectivity index (χ1) is 16.8. The molecule has 1 aliphatic rings. The highest BCUT2D eigenvalue weighted by Crippen LogP contribution is 2.24. The fraction of sp³-hybridized carbons (Fsp3) is 0.385. The highest BCUT2D eigenvalue weighted by atomic mass is 19.1. The van der Waals surface area contributed by atoms with Gasteiger partial charge in [0.25, 0.3) is 5.56 Å². The van der Waals surface area contributed by atoms with Crippen molar-refractivity contribution >= 4 is 11.6 Å². The number of H-pyrrole nitrogens is 1. The van der Waals surface area contributed by atoms with Gasteiger partial charge in [-0.2, -0.15) is 0 Å². The summed E-state index contributed by atoms with van der Waals surface area (Å²) in [6.07, 6.45) is 3.73. The number of halogens is 1. The van der Waals surface area contributed by atoms with Gasteiger partial charge in [-0.1, -0.05) is 6.07 Å². The molecule has 1 aromatic carbocycles. The number of nitrogens with one attached hydrogen (secondary N) is 2. The molecule has 9 heteroatoms. The third-order valence-corrected chi connectivity index (χ3v) is 6.04. The number of aryl methyl sites for hydroxylation is 1. The summed E-state index contributed by atoms with van der Waals surface area (Å²) in [4.78, 5) is 38.2. The number of anilines is 1. The van der Waals surface area contributed by atoms with E-state index in [-0.39, 0.29) is 48.9 Å². The van der Waals surface area contributed by atoms with Crippen LogP contribution in [0.2, 0.25) is 0 Å². The quantitative estimate of drug-likeness (QED) is 0.540. The Kier molecular flexibility index (Phi) is 7.55. The zero-order valence-corrected chi connectivity index (χ0v) is 20.2. The molecule has 3 aromatic rings. The fourth-order valence-corrected chi connectivity index (χ4v) is 4.37. The predicted octanol–water partition coefficient (Wildman–Crippen LogP) is 3.14. The maximum atomic E-state index is 14.8. The first kappa shape index (κ1) is 24.5. The molecule has 2 unspecified atom stereocenters. The van der Waals surface area contributed by atoms with E-state index in [1.807, 2.05) is 24.8 Å². The lowest BCUT2D eigenvalue weighted by Gasteiger charge is -2.37. The average Bonchev–Trinajstić information content (AvgIpc) is 2.82. The highest BCUT2D eigenvalue weighted by Gasteiger charge is 2.24. The lowest BCUT2D eigenvalue weighted by atomic mass is 10.1. The monoisotopic (exact) mass is 479 g/mol. The van der Waals surface area contributed by atoms with E-state index in [0.29, 0.717) is 41.4 Å². The van der Waals surface area contributed by atoms with E-state index in [0.717, 1.165) is 5.56 Å². The summed E-state index contributed by atoms with van der Waals surface area (Å²) < 4.78 is 20.5. The first-order valence-corrected chi connectivity index (χ1v) is 11.8. The van der Waals surface area contributed by atoms with Gasteiger partial charge < -0.3 is 19.9 Å². The lowest BCUT2D eigenvalue weighted by Crippen LogP contribution is -2.45. The number of pyridine rings is 1. The summed E-state index contributed by atoms with van der Waals surface area (Å²) in [6, 6.07) is 8.56. The zero-order valence-electron chi connectivity index (χ0n) is 20.2. The van der Waals surface area contributed by atoms with Crippen molar-refractivity contribution < 1.29 is 13.9 Å². The van der Waals surface area contributed by atoms with Gasteiger partial charge in [0, 0.05) is 55.3 Å². The van der Waals surface area contributed by atoms with E-state index in [1.165, 1.54) is 6.07 Å². The Labute approximate surface area is 203 Å². The van der Waals surface area contributed by atoms with E-state index in [1.54, 1.807) is 37.5 Å². The Bertz CT molecular complexity index is 1240. The number of carbonyl (C=O) groups excluding carboxylic acids is 1. The number of hydrogen-bond donors (Lipinski definition) is 2. The Morgan fingerprint density at radius 2 is 1.91 bits per heavy atom. The minimum absolute atomic E-state index is 0.0371. The molecule has 0 bridgehead atoms. The molecule has 1 fully saturated rings. The molecule has 0 aliphatic carbocycles. The Morgan fingerprint density at radius 3 is 2.57 bits per heavy atom. The standard InChI is InChI=1S/C26H30FN5O3/c1-16-14-32(15-17(2)35-16)23-6-4-19(12-22(23)27)13-29-24(33)7-5-21-18(3)30-25(31-26(21)34)20-8-10-28-11-9-20/h4,6,8-12,16-17H,5,7,13-15H2,1-3H3,(H,29,33)(H,30,31,34). The van der Waals surface area contributed by atoms with Crippen molar-refractivity contribution in [3.63, 3.8) is 0 Å². The van der Waals surface area contributed by atoms with Crippen LogP contribution in [0.3, 0.4) is 0 Å². The molecule has 0 spiro atoms. The summed E-state index contributed by atoms with van der Waals surface area (Å²) in [5, 5.41) is 2.81. The van der Waals surface area contributed by atoms with Crippen molar-refractivity contribution in [1.82, 2.24) is 20.3 Å². The second-order valence-electron chi connectivity index (χ2n) is 8.94. The second-order valence-corrected chi connectivity index (χ2v) is 8.94. The number of hydrogen-bond acceptors (Lipinski definition) is 6. The van der Waals surface area contributed by atoms with Gasteiger partial charge in [0.1, 0.15) is 11.6 Å². The molecule has 2 aromatic heterocycles. The molecule has 8 nitrogen and oxygen atoms in total. The topological polar surface area (TPSA) is 100 Å². The smallest absolute Gasteiger partial charge is 0.254 e. The van der Waals surface area contributed by atoms with Crippen molar-refractivity contribution in [2.45, 2.75) is 52.4 Å². The molecule has 0 radical (unpaired) electrons. The van der Waals surface area contributed by atoms with Crippen molar-refractivity contribution in [3.05, 3.63) is 75.7 Å². The molecule has 2 atom stereocenters. The Hall–Kier alpha value is -3.59. The maximum Gasteiger partial charge on any atom is 0.254 e. The number of aromatic amines is 1. The summed E-state index contributed by atoms with van der Waals surface area (Å²) in [5.41, 5.74) is 2.77. The van der Waals surface area contributed by atoms with Crippen LogP contribution in [-0.2, 0) is 22.5 Å². The van der Waals surface area contributed by atoms with Gasteiger partial charge in [-0.3, -0.25) is 14.6 Å².